The van der Waals surface area contributed by atoms with E-state index in [0.717, 1.165) is 54.1 Å². The summed E-state index contributed by atoms with van der Waals surface area (Å²) in [7, 11) is 0. The van der Waals surface area contributed by atoms with E-state index in [-0.39, 0.29) is 5.91 Å². The number of amides is 1. The van der Waals surface area contributed by atoms with E-state index >= 15 is 0 Å². The van der Waals surface area contributed by atoms with Crippen molar-refractivity contribution in [3.05, 3.63) is 76.8 Å². The zero-order valence-corrected chi connectivity index (χ0v) is 18.3. The second kappa shape index (κ2) is 10.3. The van der Waals surface area contributed by atoms with Gasteiger partial charge < -0.3 is 10.1 Å². The monoisotopic (exact) mass is 440 g/mol. The minimum Gasteiger partial charge on any atom is -0.379 e. The van der Waals surface area contributed by atoms with E-state index in [1.807, 2.05) is 42.5 Å². The summed E-state index contributed by atoms with van der Waals surface area (Å²) in [6.45, 7) is 4.90. The number of fused-ring (bicyclic) bond motifs is 1. The van der Waals surface area contributed by atoms with E-state index in [4.69, 9.17) is 16.3 Å². The van der Waals surface area contributed by atoms with Gasteiger partial charge in [-0.05, 0) is 28.6 Å². The fraction of sp³-hybridized carbons (Fsp3) is 0.292. The Morgan fingerprint density at radius 2 is 1.73 bits per heavy atom. The first-order valence-electron chi connectivity index (χ1n) is 10.1. The van der Waals surface area contributed by atoms with Crippen LogP contribution < -0.4 is 5.32 Å². The molecule has 0 spiro atoms. The van der Waals surface area contributed by atoms with Crippen LogP contribution in [0, 0.1) is 0 Å². The molecule has 4 rings (SSSR count). The molecular formula is C24H25ClN2O2S. The van der Waals surface area contributed by atoms with Crippen molar-refractivity contribution in [2.24, 2.45) is 0 Å². The minimum absolute atomic E-state index is 0.0187. The normalized spacial score (nSPS) is 14.7. The predicted molar refractivity (Wildman–Crippen MR) is 124 cm³/mol. The molecule has 3 aromatic rings. The summed E-state index contributed by atoms with van der Waals surface area (Å²) in [6, 6.07) is 20.2. The number of benzene rings is 3. The van der Waals surface area contributed by atoms with Crippen LogP contribution in [0.4, 0.5) is 0 Å². The highest BCUT2D eigenvalue weighted by atomic mass is 35.5. The first-order chi connectivity index (χ1) is 14.7. The van der Waals surface area contributed by atoms with E-state index in [1.165, 1.54) is 17.3 Å². The molecule has 0 atom stereocenters. The van der Waals surface area contributed by atoms with Gasteiger partial charge in [-0.2, -0.15) is 0 Å². The van der Waals surface area contributed by atoms with Crippen molar-refractivity contribution in [2.45, 2.75) is 18.0 Å². The first-order valence-corrected chi connectivity index (χ1v) is 11.5. The highest BCUT2D eigenvalue weighted by Gasteiger charge is 2.13. The summed E-state index contributed by atoms with van der Waals surface area (Å²) in [4.78, 5) is 15.9. The van der Waals surface area contributed by atoms with Crippen LogP contribution in [0.2, 0.25) is 5.02 Å². The van der Waals surface area contributed by atoms with E-state index in [2.05, 4.69) is 28.4 Å². The molecule has 1 saturated heterocycles. The molecule has 0 saturated carbocycles. The number of thioether (sulfide) groups is 1. The molecular weight excluding hydrogens is 416 g/mol. The molecule has 4 nitrogen and oxygen atoms in total. The second-order valence-electron chi connectivity index (χ2n) is 7.32. The van der Waals surface area contributed by atoms with Gasteiger partial charge in [0.05, 0.1) is 19.0 Å². The first kappa shape index (κ1) is 21.2. The maximum atomic E-state index is 12.5. The third-order valence-corrected chi connectivity index (χ3v) is 6.64. The Bertz CT molecular complexity index is 1020. The Kier molecular flexibility index (Phi) is 7.28. The number of nitrogens with one attached hydrogen (secondary N) is 1. The molecule has 1 heterocycles. The molecule has 0 radical (unpaired) electrons. The molecule has 0 bridgehead atoms. The maximum Gasteiger partial charge on any atom is 0.230 e. The average Bonchev–Trinajstić information content (AvgIpc) is 2.78. The number of nitrogens with zero attached hydrogens (tertiary/aromatic N) is 1. The van der Waals surface area contributed by atoms with Crippen LogP contribution in [0.3, 0.4) is 0 Å². The van der Waals surface area contributed by atoms with Crippen molar-refractivity contribution in [3.63, 3.8) is 0 Å². The molecule has 6 heteroatoms. The molecule has 30 heavy (non-hydrogen) atoms. The topological polar surface area (TPSA) is 41.6 Å². The molecule has 1 amide bonds. The predicted octanol–water partition coefficient (Wildman–Crippen LogP) is 4.73. The smallest absolute Gasteiger partial charge is 0.230 e. The zero-order chi connectivity index (χ0) is 20.8. The largest absolute Gasteiger partial charge is 0.379 e. The van der Waals surface area contributed by atoms with E-state index in [1.54, 1.807) is 0 Å². The zero-order valence-electron chi connectivity index (χ0n) is 16.8. The van der Waals surface area contributed by atoms with Gasteiger partial charge in [0.25, 0.3) is 0 Å². The van der Waals surface area contributed by atoms with Crippen LogP contribution in [-0.2, 0) is 22.6 Å². The van der Waals surface area contributed by atoms with Gasteiger partial charge in [0.2, 0.25) is 5.91 Å². The SMILES string of the molecule is O=C(CSc1cccc2cccc(Cl)c12)NCc1ccccc1CN1CCOCC1. The van der Waals surface area contributed by atoms with Gasteiger partial charge in [0.15, 0.2) is 0 Å². The molecule has 156 valence electrons. The number of morpholine rings is 1. The van der Waals surface area contributed by atoms with Crippen molar-refractivity contribution in [3.8, 4) is 0 Å². The quantitative estimate of drug-likeness (QED) is 0.539. The van der Waals surface area contributed by atoms with Gasteiger partial charge in [0.1, 0.15) is 0 Å². The summed E-state index contributed by atoms with van der Waals surface area (Å²) >= 11 is 7.91. The van der Waals surface area contributed by atoms with Crippen molar-refractivity contribution in [1.82, 2.24) is 10.2 Å². The number of carbonyl (C=O) groups excluding carboxylic acids is 1. The Hall–Kier alpha value is -2.05. The Morgan fingerprint density at radius 3 is 2.53 bits per heavy atom. The fourth-order valence-electron chi connectivity index (χ4n) is 3.65. The van der Waals surface area contributed by atoms with Gasteiger partial charge in [-0.3, -0.25) is 9.69 Å². The number of halogens is 1. The number of carbonyl (C=O) groups is 1. The summed E-state index contributed by atoms with van der Waals surface area (Å²) in [5, 5.41) is 5.89. The molecule has 0 unspecified atom stereocenters. The lowest BCUT2D eigenvalue weighted by molar-refractivity contribution is -0.118. The van der Waals surface area contributed by atoms with Gasteiger partial charge in [-0.1, -0.05) is 60.1 Å². The molecule has 0 aromatic heterocycles. The third kappa shape index (κ3) is 5.35. The fourth-order valence-corrected chi connectivity index (χ4v) is 4.93. The van der Waals surface area contributed by atoms with Gasteiger partial charge >= 0.3 is 0 Å². The van der Waals surface area contributed by atoms with Gasteiger partial charge in [-0.25, -0.2) is 0 Å². The van der Waals surface area contributed by atoms with Crippen LogP contribution in [0.1, 0.15) is 11.1 Å². The van der Waals surface area contributed by atoms with Crippen LogP contribution in [0.5, 0.6) is 0 Å². The van der Waals surface area contributed by atoms with Crippen LogP contribution in [0.25, 0.3) is 10.8 Å². The van der Waals surface area contributed by atoms with Gasteiger partial charge in [-0.15, -0.1) is 11.8 Å². The summed E-state index contributed by atoms with van der Waals surface area (Å²) in [5.41, 5.74) is 2.42. The summed E-state index contributed by atoms with van der Waals surface area (Å²) in [6.07, 6.45) is 0. The van der Waals surface area contributed by atoms with E-state index in [0.29, 0.717) is 17.3 Å². The molecule has 0 aliphatic carbocycles. The van der Waals surface area contributed by atoms with E-state index < -0.39 is 0 Å². The van der Waals surface area contributed by atoms with Crippen LogP contribution in [0.15, 0.2) is 65.6 Å². The summed E-state index contributed by atoms with van der Waals surface area (Å²) < 4.78 is 5.43. The number of hydrogen-bond acceptors (Lipinski definition) is 4. The third-order valence-electron chi connectivity index (χ3n) is 5.27. The minimum atomic E-state index is 0.0187. The average molecular weight is 441 g/mol. The second-order valence-corrected chi connectivity index (χ2v) is 8.74. The molecule has 1 fully saturated rings. The van der Waals surface area contributed by atoms with Gasteiger partial charge in [0, 0.05) is 41.5 Å². The molecule has 3 aromatic carbocycles. The highest BCUT2D eigenvalue weighted by molar-refractivity contribution is 8.00. The lowest BCUT2D eigenvalue weighted by Gasteiger charge is -2.27. The standard InChI is InChI=1S/C24H25ClN2O2S/c25-21-9-3-7-18-8-4-10-22(24(18)21)30-17-23(28)26-15-19-5-1-2-6-20(19)16-27-11-13-29-14-12-27/h1-10H,11-17H2,(H,26,28). The van der Waals surface area contributed by atoms with Crippen molar-refractivity contribution < 1.29 is 9.53 Å². The van der Waals surface area contributed by atoms with Crippen molar-refractivity contribution >= 4 is 40.0 Å². The lowest BCUT2D eigenvalue weighted by Crippen LogP contribution is -2.36. The maximum absolute atomic E-state index is 12.5. The Morgan fingerprint density at radius 1 is 1.00 bits per heavy atom. The number of ether oxygens (including phenoxy) is 1. The number of rotatable bonds is 7. The highest BCUT2D eigenvalue weighted by Crippen LogP contribution is 2.33. The molecule has 1 aliphatic rings. The van der Waals surface area contributed by atoms with Crippen molar-refractivity contribution in [1.29, 1.82) is 0 Å². The van der Waals surface area contributed by atoms with Crippen LogP contribution >= 0.6 is 23.4 Å². The molecule has 1 aliphatic heterocycles. The number of hydrogen-bond donors (Lipinski definition) is 1. The van der Waals surface area contributed by atoms with E-state index in [9.17, 15) is 4.79 Å². The Balaban J connectivity index is 1.35. The summed E-state index contributed by atoms with van der Waals surface area (Å²) in [5.74, 6) is 0.376. The molecule has 1 N–H and O–H groups in total. The lowest BCUT2D eigenvalue weighted by atomic mass is 10.1. The van der Waals surface area contributed by atoms with Crippen LogP contribution in [-0.4, -0.2) is 42.9 Å². The van der Waals surface area contributed by atoms with Crippen molar-refractivity contribution in [2.75, 3.05) is 32.1 Å². The Labute approximate surface area is 186 Å².